The molecule has 1 fully saturated rings. The van der Waals surface area contributed by atoms with Gasteiger partial charge in [-0.1, -0.05) is 17.7 Å². The van der Waals surface area contributed by atoms with E-state index in [1.165, 1.54) is 0 Å². The van der Waals surface area contributed by atoms with Gasteiger partial charge in [-0.25, -0.2) is 0 Å². The summed E-state index contributed by atoms with van der Waals surface area (Å²) < 4.78 is 0. The molecular weight excluding hydrogens is 224 g/mol. The number of rotatable bonds is 3. The highest BCUT2D eigenvalue weighted by molar-refractivity contribution is 6.30. The molecule has 1 aliphatic heterocycles. The van der Waals surface area contributed by atoms with E-state index in [2.05, 4.69) is 5.32 Å². The first kappa shape index (κ1) is 11.4. The lowest BCUT2D eigenvalue weighted by molar-refractivity contribution is 0.0630. The van der Waals surface area contributed by atoms with E-state index in [-0.39, 0.29) is 5.91 Å². The Morgan fingerprint density at radius 1 is 1.56 bits per heavy atom. The van der Waals surface area contributed by atoms with Crippen LogP contribution in [0.4, 0.5) is 0 Å². The van der Waals surface area contributed by atoms with Gasteiger partial charge in [-0.05, 0) is 25.1 Å². The highest BCUT2D eigenvalue weighted by Crippen LogP contribution is 2.15. The number of hydrogen-bond acceptors (Lipinski definition) is 2. The molecule has 0 atom stereocenters. The Kier molecular flexibility index (Phi) is 3.46. The summed E-state index contributed by atoms with van der Waals surface area (Å²) in [5.41, 5.74) is 0.668. The quantitative estimate of drug-likeness (QED) is 0.871. The molecule has 4 heteroatoms. The van der Waals surface area contributed by atoms with Gasteiger partial charge in [0.1, 0.15) is 0 Å². The lowest BCUT2D eigenvalue weighted by Crippen LogP contribution is -2.58. The van der Waals surface area contributed by atoms with Gasteiger partial charge in [-0.2, -0.15) is 0 Å². The standard InChI is InChI=1S/C12H15ClN2O/c1-2-15(11-7-14-8-11)12(16)9-4-3-5-10(13)6-9/h3-6,11,14H,2,7-8H2,1H3. The molecule has 1 aromatic rings. The van der Waals surface area contributed by atoms with Crippen LogP contribution in [0.15, 0.2) is 24.3 Å². The highest BCUT2D eigenvalue weighted by atomic mass is 35.5. The zero-order valence-corrected chi connectivity index (χ0v) is 10.00. The number of likely N-dealkylation sites (N-methyl/N-ethyl adjacent to an activating group) is 1. The minimum Gasteiger partial charge on any atom is -0.333 e. The van der Waals surface area contributed by atoms with Gasteiger partial charge in [0.15, 0.2) is 0 Å². The summed E-state index contributed by atoms with van der Waals surface area (Å²) in [7, 11) is 0. The van der Waals surface area contributed by atoms with Crippen molar-refractivity contribution in [1.29, 1.82) is 0 Å². The Hall–Kier alpha value is -1.06. The van der Waals surface area contributed by atoms with Crippen LogP contribution in [0, 0.1) is 0 Å². The molecule has 0 unspecified atom stereocenters. The summed E-state index contributed by atoms with van der Waals surface area (Å²) >= 11 is 5.88. The third kappa shape index (κ3) is 2.20. The molecule has 0 radical (unpaired) electrons. The molecule has 0 bridgehead atoms. The van der Waals surface area contributed by atoms with Gasteiger partial charge in [0, 0.05) is 30.2 Å². The van der Waals surface area contributed by atoms with E-state index in [1.807, 2.05) is 24.0 Å². The molecule has 0 aliphatic carbocycles. The second-order valence-electron chi connectivity index (χ2n) is 3.91. The molecule has 0 saturated carbocycles. The number of carbonyl (C=O) groups excluding carboxylic acids is 1. The SMILES string of the molecule is CCN(C(=O)c1cccc(Cl)c1)C1CNC1. The summed E-state index contributed by atoms with van der Waals surface area (Å²) in [6, 6.07) is 7.44. The van der Waals surface area contributed by atoms with Crippen LogP contribution in [-0.4, -0.2) is 36.5 Å². The molecule has 3 nitrogen and oxygen atoms in total. The van der Waals surface area contributed by atoms with Crippen LogP contribution in [0.2, 0.25) is 5.02 Å². The molecule has 1 aliphatic rings. The van der Waals surface area contributed by atoms with E-state index >= 15 is 0 Å². The maximum atomic E-state index is 12.2. The van der Waals surface area contributed by atoms with Crippen molar-refractivity contribution in [3.05, 3.63) is 34.9 Å². The zero-order chi connectivity index (χ0) is 11.5. The summed E-state index contributed by atoms with van der Waals surface area (Å²) in [6.07, 6.45) is 0. The van der Waals surface area contributed by atoms with E-state index in [4.69, 9.17) is 11.6 Å². The smallest absolute Gasteiger partial charge is 0.254 e. The third-order valence-electron chi connectivity index (χ3n) is 2.87. The Morgan fingerprint density at radius 2 is 2.31 bits per heavy atom. The van der Waals surface area contributed by atoms with E-state index in [9.17, 15) is 4.79 Å². The first-order valence-corrected chi connectivity index (χ1v) is 5.87. The number of carbonyl (C=O) groups is 1. The molecule has 86 valence electrons. The molecule has 0 aromatic heterocycles. The topological polar surface area (TPSA) is 32.3 Å². The molecule has 1 amide bonds. The lowest BCUT2D eigenvalue weighted by Gasteiger charge is -2.37. The molecule has 2 rings (SSSR count). The fraction of sp³-hybridized carbons (Fsp3) is 0.417. The largest absolute Gasteiger partial charge is 0.333 e. The van der Waals surface area contributed by atoms with Crippen molar-refractivity contribution in [2.24, 2.45) is 0 Å². The molecule has 1 aromatic carbocycles. The maximum Gasteiger partial charge on any atom is 0.254 e. The Balaban J connectivity index is 2.16. The van der Waals surface area contributed by atoms with Crippen molar-refractivity contribution in [3.63, 3.8) is 0 Å². The Morgan fingerprint density at radius 3 is 2.81 bits per heavy atom. The monoisotopic (exact) mass is 238 g/mol. The van der Waals surface area contributed by atoms with Gasteiger partial charge in [0.25, 0.3) is 5.91 Å². The summed E-state index contributed by atoms with van der Waals surface area (Å²) in [4.78, 5) is 14.1. The second kappa shape index (κ2) is 4.85. The summed E-state index contributed by atoms with van der Waals surface area (Å²) in [6.45, 7) is 4.51. The first-order valence-electron chi connectivity index (χ1n) is 5.49. The third-order valence-corrected chi connectivity index (χ3v) is 3.11. The predicted octanol–water partition coefficient (Wildman–Crippen LogP) is 1.77. The lowest BCUT2D eigenvalue weighted by atomic mass is 10.1. The molecule has 1 saturated heterocycles. The number of amides is 1. The summed E-state index contributed by atoms with van der Waals surface area (Å²) in [5, 5.41) is 3.78. The van der Waals surface area contributed by atoms with Crippen LogP contribution in [-0.2, 0) is 0 Å². The number of benzene rings is 1. The van der Waals surface area contributed by atoms with Crippen molar-refractivity contribution in [1.82, 2.24) is 10.2 Å². The Bertz CT molecular complexity index is 390. The Labute approximate surface area is 100 Å². The molecule has 16 heavy (non-hydrogen) atoms. The molecular formula is C12H15ClN2O. The van der Waals surface area contributed by atoms with Gasteiger partial charge < -0.3 is 10.2 Å². The first-order chi connectivity index (χ1) is 7.72. The van der Waals surface area contributed by atoms with E-state index in [1.54, 1.807) is 12.1 Å². The average Bonchev–Trinajstić information content (AvgIpc) is 2.22. The number of hydrogen-bond donors (Lipinski definition) is 1. The fourth-order valence-electron chi connectivity index (χ4n) is 1.85. The van der Waals surface area contributed by atoms with Crippen LogP contribution in [0.1, 0.15) is 17.3 Å². The highest BCUT2D eigenvalue weighted by Gasteiger charge is 2.27. The minimum atomic E-state index is 0.0662. The van der Waals surface area contributed by atoms with E-state index in [0.717, 1.165) is 19.6 Å². The van der Waals surface area contributed by atoms with Crippen LogP contribution in [0.3, 0.4) is 0 Å². The zero-order valence-electron chi connectivity index (χ0n) is 9.24. The summed E-state index contributed by atoms with van der Waals surface area (Å²) in [5.74, 6) is 0.0662. The predicted molar refractivity (Wildman–Crippen MR) is 64.8 cm³/mol. The minimum absolute atomic E-state index is 0.0662. The van der Waals surface area contributed by atoms with Crippen LogP contribution in [0.25, 0.3) is 0 Å². The van der Waals surface area contributed by atoms with Crippen LogP contribution in [0.5, 0.6) is 0 Å². The molecule has 1 N–H and O–H groups in total. The van der Waals surface area contributed by atoms with Gasteiger partial charge in [0.2, 0.25) is 0 Å². The fourth-order valence-corrected chi connectivity index (χ4v) is 2.04. The van der Waals surface area contributed by atoms with Crippen molar-refractivity contribution < 1.29 is 4.79 Å². The van der Waals surface area contributed by atoms with Crippen molar-refractivity contribution >= 4 is 17.5 Å². The van der Waals surface area contributed by atoms with Gasteiger partial charge >= 0.3 is 0 Å². The molecule has 0 spiro atoms. The maximum absolute atomic E-state index is 12.2. The van der Waals surface area contributed by atoms with Gasteiger partial charge in [-0.15, -0.1) is 0 Å². The van der Waals surface area contributed by atoms with Crippen molar-refractivity contribution in [2.75, 3.05) is 19.6 Å². The van der Waals surface area contributed by atoms with Crippen molar-refractivity contribution in [2.45, 2.75) is 13.0 Å². The van der Waals surface area contributed by atoms with Gasteiger partial charge in [0.05, 0.1) is 6.04 Å². The number of nitrogens with one attached hydrogen (secondary N) is 1. The van der Waals surface area contributed by atoms with Crippen LogP contribution >= 0.6 is 11.6 Å². The van der Waals surface area contributed by atoms with Crippen molar-refractivity contribution in [3.8, 4) is 0 Å². The normalized spacial score (nSPS) is 15.6. The average molecular weight is 239 g/mol. The number of nitrogens with zero attached hydrogens (tertiary/aromatic N) is 1. The van der Waals surface area contributed by atoms with Gasteiger partial charge in [-0.3, -0.25) is 4.79 Å². The van der Waals surface area contributed by atoms with Crippen LogP contribution < -0.4 is 5.32 Å². The second-order valence-corrected chi connectivity index (χ2v) is 4.35. The molecule has 1 heterocycles. The number of halogens is 1. The van der Waals surface area contributed by atoms with E-state index < -0.39 is 0 Å². The van der Waals surface area contributed by atoms with E-state index in [0.29, 0.717) is 16.6 Å².